The quantitative estimate of drug-likeness (QED) is 0.698. The Morgan fingerprint density at radius 3 is 2.38 bits per heavy atom. The van der Waals surface area contributed by atoms with E-state index in [2.05, 4.69) is 10.0 Å². The standard InChI is InChI=1S/C16H18N2O4S2/c1-17-24(21,22)13-6-4-12(5-7-13)11-18-16(20)9-8-14(19)15-3-2-10-23-15/h2-7,10,17H,8-9,11H2,1H3,(H,18,20). The highest BCUT2D eigenvalue weighted by molar-refractivity contribution is 7.89. The van der Waals surface area contributed by atoms with E-state index < -0.39 is 10.0 Å². The van der Waals surface area contributed by atoms with Crippen LogP contribution in [0.25, 0.3) is 0 Å². The van der Waals surface area contributed by atoms with Crippen LogP contribution in [-0.4, -0.2) is 27.2 Å². The second-order valence-electron chi connectivity index (χ2n) is 5.03. The number of rotatable bonds is 8. The van der Waals surface area contributed by atoms with Crippen LogP contribution in [0.1, 0.15) is 28.1 Å². The molecule has 1 amide bonds. The molecular weight excluding hydrogens is 348 g/mol. The first-order valence-electron chi connectivity index (χ1n) is 7.28. The Kier molecular flexibility index (Phi) is 6.24. The number of sulfonamides is 1. The number of thiophene rings is 1. The molecule has 0 unspecified atom stereocenters. The summed E-state index contributed by atoms with van der Waals surface area (Å²) in [4.78, 5) is 24.4. The molecule has 0 aliphatic carbocycles. The number of carbonyl (C=O) groups is 2. The number of amides is 1. The maximum absolute atomic E-state index is 11.8. The van der Waals surface area contributed by atoms with Gasteiger partial charge in [0.1, 0.15) is 0 Å². The van der Waals surface area contributed by atoms with E-state index in [4.69, 9.17) is 0 Å². The number of hydrogen-bond donors (Lipinski definition) is 2. The van der Waals surface area contributed by atoms with Gasteiger partial charge in [-0.3, -0.25) is 9.59 Å². The molecular formula is C16H18N2O4S2. The zero-order valence-electron chi connectivity index (χ0n) is 13.1. The van der Waals surface area contributed by atoms with E-state index in [1.165, 1.54) is 30.5 Å². The lowest BCUT2D eigenvalue weighted by atomic mass is 10.2. The molecule has 6 nitrogen and oxygen atoms in total. The molecule has 8 heteroatoms. The molecule has 0 bridgehead atoms. The Balaban J connectivity index is 1.80. The van der Waals surface area contributed by atoms with Crippen molar-refractivity contribution >= 4 is 33.1 Å². The maximum atomic E-state index is 11.8. The molecule has 2 N–H and O–H groups in total. The summed E-state index contributed by atoms with van der Waals surface area (Å²) in [7, 11) is -2.11. The number of benzene rings is 1. The van der Waals surface area contributed by atoms with Crippen LogP contribution < -0.4 is 10.0 Å². The van der Waals surface area contributed by atoms with Crippen LogP contribution in [0.3, 0.4) is 0 Å². The molecule has 0 fully saturated rings. The van der Waals surface area contributed by atoms with Crippen LogP contribution >= 0.6 is 11.3 Å². The Morgan fingerprint density at radius 2 is 1.79 bits per heavy atom. The van der Waals surface area contributed by atoms with Gasteiger partial charge >= 0.3 is 0 Å². The number of nitrogens with one attached hydrogen (secondary N) is 2. The zero-order chi connectivity index (χ0) is 17.6. The van der Waals surface area contributed by atoms with Gasteiger partial charge in [-0.15, -0.1) is 11.3 Å². The van der Waals surface area contributed by atoms with E-state index in [1.807, 2.05) is 5.38 Å². The van der Waals surface area contributed by atoms with E-state index in [9.17, 15) is 18.0 Å². The molecule has 1 aromatic carbocycles. The van der Waals surface area contributed by atoms with Gasteiger partial charge in [-0.05, 0) is 36.2 Å². The summed E-state index contributed by atoms with van der Waals surface area (Å²) in [5, 5.41) is 4.54. The summed E-state index contributed by atoms with van der Waals surface area (Å²) in [5.74, 6) is -0.256. The molecule has 128 valence electrons. The molecule has 0 atom stereocenters. The minimum atomic E-state index is -3.46. The van der Waals surface area contributed by atoms with E-state index in [0.29, 0.717) is 4.88 Å². The van der Waals surface area contributed by atoms with Crippen molar-refractivity contribution in [2.45, 2.75) is 24.3 Å². The van der Waals surface area contributed by atoms with E-state index >= 15 is 0 Å². The Morgan fingerprint density at radius 1 is 1.08 bits per heavy atom. The number of ketones is 1. The predicted octanol–water partition coefficient (Wildman–Crippen LogP) is 1.94. The Labute approximate surface area is 145 Å². The van der Waals surface area contributed by atoms with Crippen molar-refractivity contribution in [3.05, 3.63) is 52.2 Å². The van der Waals surface area contributed by atoms with Crippen LogP contribution in [0.15, 0.2) is 46.7 Å². The highest BCUT2D eigenvalue weighted by Gasteiger charge is 2.12. The summed E-state index contributed by atoms with van der Waals surface area (Å²) in [5.41, 5.74) is 0.781. The molecule has 1 heterocycles. The SMILES string of the molecule is CNS(=O)(=O)c1ccc(CNC(=O)CCC(=O)c2cccs2)cc1. The van der Waals surface area contributed by atoms with Gasteiger partial charge in [-0.2, -0.15) is 0 Å². The molecule has 1 aromatic heterocycles. The molecule has 0 saturated heterocycles. The number of hydrogen-bond acceptors (Lipinski definition) is 5. The van der Waals surface area contributed by atoms with Crippen LogP contribution in [0.4, 0.5) is 0 Å². The molecule has 0 aliphatic heterocycles. The van der Waals surface area contributed by atoms with Crippen molar-refractivity contribution < 1.29 is 18.0 Å². The summed E-state index contributed by atoms with van der Waals surface area (Å²) in [6.07, 6.45) is 0.300. The monoisotopic (exact) mass is 366 g/mol. The molecule has 2 rings (SSSR count). The van der Waals surface area contributed by atoms with Crippen LogP contribution in [-0.2, 0) is 21.4 Å². The van der Waals surface area contributed by atoms with E-state index in [1.54, 1.807) is 24.3 Å². The molecule has 2 aromatic rings. The smallest absolute Gasteiger partial charge is 0.240 e. The second kappa shape index (κ2) is 8.18. The summed E-state index contributed by atoms with van der Waals surface area (Å²) in [6.45, 7) is 0.284. The van der Waals surface area contributed by atoms with Gasteiger partial charge in [0.25, 0.3) is 0 Å². The van der Waals surface area contributed by atoms with Crippen LogP contribution in [0.2, 0.25) is 0 Å². The fourth-order valence-electron chi connectivity index (χ4n) is 1.98. The van der Waals surface area contributed by atoms with Gasteiger partial charge in [0.05, 0.1) is 9.77 Å². The maximum Gasteiger partial charge on any atom is 0.240 e. The summed E-state index contributed by atoms with van der Waals surface area (Å²) in [6, 6.07) is 9.78. The van der Waals surface area contributed by atoms with Crippen molar-refractivity contribution in [3.8, 4) is 0 Å². The first-order chi connectivity index (χ1) is 11.4. The molecule has 0 radical (unpaired) electrons. The van der Waals surface area contributed by atoms with Crippen LogP contribution in [0.5, 0.6) is 0 Å². The van der Waals surface area contributed by atoms with E-state index in [0.717, 1.165) is 5.56 Å². The lowest BCUT2D eigenvalue weighted by Crippen LogP contribution is -2.23. The van der Waals surface area contributed by atoms with E-state index in [-0.39, 0.29) is 36.0 Å². The normalized spacial score (nSPS) is 11.2. The third-order valence-corrected chi connectivity index (χ3v) is 5.71. The first kappa shape index (κ1) is 18.3. The third kappa shape index (κ3) is 4.98. The molecule has 24 heavy (non-hydrogen) atoms. The van der Waals surface area contributed by atoms with Gasteiger partial charge in [0.15, 0.2) is 5.78 Å². The predicted molar refractivity (Wildman–Crippen MR) is 92.4 cm³/mol. The van der Waals surface area contributed by atoms with Crippen molar-refractivity contribution in [2.75, 3.05) is 7.05 Å². The van der Waals surface area contributed by atoms with Gasteiger partial charge in [0, 0.05) is 19.4 Å². The van der Waals surface area contributed by atoms with Gasteiger partial charge in [0.2, 0.25) is 15.9 Å². The second-order valence-corrected chi connectivity index (χ2v) is 7.86. The van der Waals surface area contributed by atoms with Gasteiger partial charge in [-0.25, -0.2) is 13.1 Å². The number of Topliss-reactive ketones (excluding diaryl/α,β-unsaturated/α-hetero) is 1. The third-order valence-electron chi connectivity index (χ3n) is 3.37. The van der Waals surface area contributed by atoms with Crippen molar-refractivity contribution in [2.24, 2.45) is 0 Å². The largest absolute Gasteiger partial charge is 0.352 e. The minimum absolute atomic E-state index is 0.0400. The fourth-order valence-corrected chi connectivity index (χ4v) is 3.41. The first-order valence-corrected chi connectivity index (χ1v) is 9.64. The van der Waals surface area contributed by atoms with Crippen LogP contribution in [0, 0.1) is 0 Å². The Bertz CT molecular complexity index is 797. The average molecular weight is 366 g/mol. The minimum Gasteiger partial charge on any atom is -0.352 e. The zero-order valence-corrected chi connectivity index (χ0v) is 14.7. The fraction of sp³-hybridized carbons (Fsp3) is 0.250. The van der Waals surface area contributed by atoms with Crippen molar-refractivity contribution in [1.29, 1.82) is 0 Å². The summed E-state index contributed by atoms with van der Waals surface area (Å²) >= 11 is 1.36. The Hall–Kier alpha value is -2.03. The lowest BCUT2D eigenvalue weighted by Gasteiger charge is -2.07. The molecule has 0 spiro atoms. The van der Waals surface area contributed by atoms with Gasteiger partial charge in [-0.1, -0.05) is 18.2 Å². The van der Waals surface area contributed by atoms with Crippen molar-refractivity contribution in [3.63, 3.8) is 0 Å². The molecule has 0 aliphatic rings. The number of carbonyl (C=O) groups excluding carboxylic acids is 2. The topological polar surface area (TPSA) is 92.3 Å². The lowest BCUT2D eigenvalue weighted by molar-refractivity contribution is -0.121. The molecule has 0 saturated carbocycles. The van der Waals surface area contributed by atoms with Gasteiger partial charge < -0.3 is 5.32 Å². The highest BCUT2D eigenvalue weighted by atomic mass is 32.2. The average Bonchev–Trinajstić information content (AvgIpc) is 3.13. The summed E-state index contributed by atoms with van der Waals surface area (Å²) < 4.78 is 25.5. The highest BCUT2D eigenvalue weighted by Crippen LogP contribution is 2.13. The van der Waals surface area contributed by atoms with Crippen molar-refractivity contribution in [1.82, 2.24) is 10.0 Å².